The van der Waals surface area contributed by atoms with Gasteiger partial charge in [-0.2, -0.15) is 0 Å². The van der Waals surface area contributed by atoms with Crippen molar-refractivity contribution in [2.75, 3.05) is 0 Å². The summed E-state index contributed by atoms with van der Waals surface area (Å²) in [6, 6.07) is 0. The van der Waals surface area contributed by atoms with E-state index in [9.17, 15) is 0 Å². The molecule has 0 aliphatic rings. The topological polar surface area (TPSA) is 0 Å². The summed E-state index contributed by atoms with van der Waals surface area (Å²) in [5.41, 5.74) is 0. The minimum atomic E-state index is 0. The van der Waals surface area contributed by atoms with Crippen LogP contribution in [0.5, 0.6) is 0 Å². The van der Waals surface area contributed by atoms with Crippen LogP contribution in [0, 0.1) is 0 Å². The van der Waals surface area contributed by atoms with Crippen LogP contribution in [-0.2, 0) is 0 Å². The maximum atomic E-state index is 2.01. The van der Waals surface area contributed by atoms with Crippen molar-refractivity contribution >= 4 is 82.3 Å². The summed E-state index contributed by atoms with van der Waals surface area (Å²) < 4.78 is 0. The van der Waals surface area contributed by atoms with Crippen LogP contribution >= 0.6 is 0 Å². The van der Waals surface area contributed by atoms with Crippen LogP contribution in [0.1, 0.15) is 0 Å². The zero-order valence-electron chi connectivity index (χ0n) is 1.93. The van der Waals surface area contributed by atoms with Gasteiger partial charge in [0, 0.05) is 50.3 Å². The summed E-state index contributed by atoms with van der Waals surface area (Å²) in [5.74, 6) is 0. The summed E-state index contributed by atoms with van der Waals surface area (Å²) in [4.78, 5) is 0. The zero-order chi connectivity index (χ0) is 2.00. The molecule has 8 radical (unpaired) electrons. The molecule has 0 unspecified atom stereocenters. The fourth-order valence-electron chi connectivity index (χ4n) is 0. The molecular formula is GeInSbTe. The summed E-state index contributed by atoms with van der Waals surface area (Å²) >= 11 is 3.96. The van der Waals surface area contributed by atoms with Crippen molar-refractivity contribution in [3.63, 3.8) is 0 Å². The molecule has 0 aromatic rings. The van der Waals surface area contributed by atoms with Gasteiger partial charge in [-0.1, -0.05) is 0 Å². The first-order valence-electron chi connectivity index (χ1n) is 0.204. The molecular weight excluding hydrogens is 437 g/mol. The Balaban J connectivity index is -0.00000000500. The molecule has 0 fully saturated rings. The molecule has 0 saturated heterocycles. The first-order valence-corrected chi connectivity index (χ1v) is 7.12. The maximum absolute atomic E-state index is 2.01. The van der Waals surface area contributed by atoms with E-state index in [0.29, 0.717) is 0 Å². The van der Waals surface area contributed by atoms with Crippen LogP contribution < -0.4 is 0 Å². The van der Waals surface area contributed by atoms with Crippen molar-refractivity contribution in [1.82, 2.24) is 0 Å². The van der Waals surface area contributed by atoms with Crippen LogP contribution in [0.25, 0.3) is 0 Å². The number of hydrogen-bond donors (Lipinski definition) is 0. The van der Waals surface area contributed by atoms with E-state index in [2.05, 4.69) is 0 Å². The fraction of sp³-hybridized carbons (Fsp3) is 0. The van der Waals surface area contributed by atoms with Gasteiger partial charge in [0.1, 0.15) is 0 Å². The minimum Gasteiger partial charge on any atom is 0 e. The molecule has 0 bridgehead atoms. The van der Waals surface area contributed by atoms with Gasteiger partial charge in [0.15, 0.2) is 0 Å². The molecule has 0 N–H and O–H groups in total. The van der Waals surface area contributed by atoms with Gasteiger partial charge in [-0.3, -0.25) is 0 Å². The second-order valence-corrected chi connectivity index (χ2v) is 0. The van der Waals surface area contributed by atoms with E-state index in [0.717, 1.165) is 0 Å². The molecule has 0 rings (SSSR count). The Labute approximate surface area is 80.6 Å². The molecule has 4 heavy (non-hydrogen) atoms. The van der Waals surface area contributed by atoms with E-state index in [-0.39, 0.29) is 50.3 Å². The Hall–Kier alpha value is 3.02. The van der Waals surface area contributed by atoms with Crippen LogP contribution in [0.2, 0.25) is 0 Å². The van der Waals surface area contributed by atoms with Crippen molar-refractivity contribution in [2.45, 2.75) is 0 Å². The molecule has 0 aromatic carbocycles. The molecule has 18 valence electrons. The van der Waals surface area contributed by atoms with Crippen LogP contribution in [0.4, 0.5) is 0 Å². The van der Waals surface area contributed by atoms with Gasteiger partial charge in [0.2, 0.25) is 0 Å². The van der Waals surface area contributed by atoms with Crippen molar-refractivity contribution in [3.05, 3.63) is 0 Å². The van der Waals surface area contributed by atoms with Crippen molar-refractivity contribution in [2.24, 2.45) is 0 Å². The second-order valence-electron chi connectivity index (χ2n) is 0. The third kappa shape index (κ3) is 8.90. The first-order chi connectivity index (χ1) is 1.00. The van der Waals surface area contributed by atoms with E-state index in [1.807, 2.05) is 32.0 Å². The van der Waals surface area contributed by atoms with E-state index in [4.69, 9.17) is 0 Å². The van der Waals surface area contributed by atoms with Gasteiger partial charge in [-0.05, 0) is 0 Å². The van der Waals surface area contributed by atoms with Crippen LogP contribution in [0.3, 0.4) is 0 Å². The Morgan fingerprint density at radius 1 is 1.25 bits per heavy atom. The molecule has 0 heterocycles. The molecule has 0 atom stereocenters. The largest absolute Gasteiger partial charge is 0 e. The quantitative estimate of drug-likeness (QED) is 0.405. The molecule has 0 aliphatic heterocycles. The molecule has 0 saturated carbocycles. The Morgan fingerprint density at radius 2 is 1.25 bits per heavy atom. The third-order valence-corrected chi connectivity index (χ3v) is 0. The minimum absolute atomic E-state index is 0. The Bertz CT molecular complexity index is 8.00. The molecule has 4 heteroatoms. The van der Waals surface area contributed by atoms with Gasteiger partial charge in [0.05, 0.1) is 0 Å². The third-order valence-electron chi connectivity index (χ3n) is 0. The monoisotopic (exact) mass is 440 g/mol. The normalized spacial score (nSPS) is 1.00. The summed E-state index contributed by atoms with van der Waals surface area (Å²) in [7, 11) is 0. The average Bonchev–Trinajstić information content (AvgIpc) is 1.00. The van der Waals surface area contributed by atoms with E-state index in [1.165, 1.54) is 0 Å². The summed E-state index contributed by atoms with van der Waals surface area (Å²) in [6.07, 6.45) is 0. The second kappa shape index (κ2) is 16.6. The maximum Gasteiger partial charge on any atom is 0 e. The van der Waals surface area contributed by atoms with E-state index >= 15 is 0 Å². The van der Waals surface area contributed by atoms with Gasteiger partial charge in [-0.25, -0.2) is 0 Å². The number of hydrogen-bond acceptors (Lipinski definition) is 0. The Morgan fingerprint density at radius 3 is 1.25 bits per heavy atom. The Kier molecular flexibility index (Phi) is 65.5. The molecule has 0 nitrogen and oxygen atoms in total. The summed E-state index contributed by atoms with van der Waals surface area (Å²) in [5, 5.41) is 0. The van der Waals surface area contributed by atoms with Crippen molar-refractivity contribution in [1.29, 1.82) is 0 Å². The SMILES string of the molecule is [Ge]=[Te].[In].[Sb]. The zero-order valence-corrected chi connectivity index (χ0v) is 12.2. The van der Waals surface area contributed by atoms with Gasteiger partial charge in [0.25, 0.3) is 0 Å². The van der Waals surface area contributed by atoms with Crippen LogP contribution in [-0.4, -0.2) is 82.3 Å². The van der Waals surface area contributed by atoms with Crippen molar-refractivity contribution < 1.29 is 0 Å². The molecule has 0 aliphatic carbocycles. The summed E-state index contributed by atoms with van der Waals surface area (Å²) in [6.45, 7) is 0. The van der Waals surface area contributed by atoms with Gasteiger partial charge in [-0.15, -0.1) is 0 Å². The molecule has 0 aromatic heterocycles. The first kappa shape index (κ1) is 15.7. The average molecular weight is 437 g/mol. The van der Waals surface area contributed by atoms with Crippen LogP contribution in [0.15, 0.2) is 0 Å². The standard InChI is InChI=1S/GeTe.In.Sb/c1-2;;. The molecule has 0 spiro atoms. The van der Waals surface area contributed by atoms with Gasteiger partial charge < -0.3 is 0 Å². The smallest absolute Gasteiger partial charge is 0 e. The van der Waals surface area contributed by atoms with Gasteiger partial charge >= 0.3 is 32.0 Å². The van der Waals surface area contributed by atoms with Crippen molar-refractivity contribution in [3.8, 4) is 0 Å². The predicted octanol–water partition coefficient (Wildman–Crippen LogP) is -1.52. The van der Waals surface area contributed by atoms with E-state index in [1.54, 1.807) is 0 Å². The molecule has 0 amide bonds. The van der Waals surface area contributed by atoms with E-state index < -0.39 is 0 Å². The fourth-order valence-corrected chi connectivity index (χ4v) is 0. The predicted molar refractivity (Wildman–Crippen MR) is 23.0 cm³/mol. The number of rotatable bonds is 0.